The number of rotatable bonds is 2. The Morgan fingerprint density at radius 1 is 1.50 bits per heavy atom. The number of aliphatic hydroxyl groups is 1. The Kier molecular flexibility index (Phi) is 3.00. The van der Waals surface area contributed by atoms with Crippen LogP contribution in [0, 0.1) is 12.7 Å². The van der Waals surface area contributed by atoms with E-state index < -0.39 is 0 Å². The lowest BCUT2D eigenvalue weighted by Gasteiger charge is -1.98. The highest BCUT2D eigenvalue weighted by Crippen LogP contribution is 2.11. The molecule has 0 bridgehead atoms. The fourth-order valence-corrected chi connectivity index (χ4v) is 1.01. The third-order valence-electron chi connectivity index (χ3n) is 1.63. The number of hydrogen-bond donors (Lipinski definition) is 1. The van der Waals surface area contributed by atoms with Gasteiger partial charge in [0.25, 0.3) is 0 Å². The molecule has 0 saturated heterocycles. The van der Waals surface area contributed by atoms with Crippen molar-refractivity contribution in [3.05, 3.63) is 41.2 Å². The molecule has 0 saturated carbocycles. The van der Waals surface area contributed by atoms with E-state index in [9.17, 15) is 4.39 Å². The molecule has 1 nitrogen and oxygen atoms in total. The molecule has 0 radical (unpaired) electrons. The second-order valence-electron chi connectivity index (χ2n) is 2.59. The summed E-state index contributed by atoms with van der Waals surface area (Å²) in [5.41, 5.74) is 1.81. The van der Waals surface area contributed by atoms with Crippen molar-refractivity contribution >= 4 is 6.08 Å². The van der Waals surface area contributed by atoms with Gasteiger partial charge in [0.2, 0.25) is 0 Å². The van der Waals surface area contributed by atoms with Crippen molar-refractivity contribution in [3.63, 3.8) is 0 Å². The van der Waals surface area contributed by atoms with Gasteiger partial charge >= 0.3 is 0 Å². The maximum absolute atomic E-state index is 12.6. The molecule has 64 valence electrons. The van der Waals surface area contributed by atoms with Crippen molar-refractivity contribution < 1.29 is 9.50 Å². The minimum Gasteiger partial charge on any atom is -0.392 e. The predicted molar refractivity (Wildman–Crippen MR) is 47.3 cm³/mol. The molecule has 1 aromatic rings. The van der Waals surface area contributed by atoms with Gasteiger partial charge in [0.05, 0.1) is 6.61 Å². The Morgan fingerprint density at radius 3 is 2.83 bits per heavy atom. The second kappa shape index (κ2) is 4.02. The molecule has 0 unspecified atom stereocenters. The maximum Gasteiger partial charge on any atom is 0.123 e. The molecule has 0 amide bonds. The highest BCUT2D eigenvalue weighted by atomic mass is 19.1. The molecule has 0 heterocycles. The zero-order chi connectivity index (χ0) is 8.97. The van der Waals surface area contributed by atoms with Crippen LogP contribution in [0.4, 0.5) is 4.39 Å². The highest BCUT2D eigenvalue weighted by Gasteiger charge is 1.94. The van der Waals surface area contributed by atoms with Crippen molar-refractivity contribution in [2.75, 3.05) is 6.61 Å². The SMILES string of the molecule is Cc1cc(F)ccc1C=CCO. The molecule has 0 aliphatic carbocycles. The second-order valence-corrected chi connectivity index (χ2v) is 2.59. The number of hydrogen-bond acceptors (Lipinski definition) is 1. The van der Waals surface area contributed by atoms with E-state index in [-0.39, 0.29) is 12.4 Å². The molecule has 2 heteroatoms. The summed E-state index contributed by atoms with van der Waals surface area (Å²) < 4.78 is 12.6. The summed E-state index contributed by atoms with van der Waals surface area (Å²) in [5.74, 6) is -0.228. The van der Waals surface area contributed by atoms with Crippen LogP contribution in [0.2, 0.25) is 0 Å². The molecule has 12 heavy (non-hydrogen) atoms. The van der Waals surface area contributed by atoms with E-state index >= 15 is 0 Å². The van der Waals surface area contributed by atoms with Gasteiger partial charge in [-0.2, -0.15) is 0 Å². The summed E-state index contributed by atoms with van der Waals surface area (Å²) in [6.07, 6.45) is 3.40. The smallest absolute Gasteiger partial charge is 0.123 e. The largest absolute Gasteiger partial charge is 0.392 e. The summed E-state index contributed by atoms with van der Waals surface area (Å²) >= 11 is 0. The topological polar surface area (TPSA) is 20.2 Å². The van der Waals surface area contributed by atoms with Crippen LogP contribution < -0.4 is 0 Å². The predicted octanol–water partition coefficient (Wildman–Crippen LogP) is 2.14. The molecule has 0 aromatic heterocycles. The Morgan fingerprint density at radius 2 is 2.25 bits per heavy atom. The number of halogens is 1. The van der Waals surface area contributed by atoms with Crippen molar-refractivity contribution in [2.24, 2.45) is 0 Å². The fourth-order valence-electron chi connectivity index (χ4n) is 1.01. The van der Waals surface area contributed by atoms with Crippen LogP contribution in [-0.4, -0.2) is 11.7 Å². The first kappa shape index (κ1) is 8.94. The molecule has 1 aromatic carbocycles. The van der Waals surface area contributed by atoms with Crippen LogP contribution in [0.1, 0.15) is 11.1 Å². The average molecular weight is 166 g/mol. The normalized spacial score (nSPS) is 10.9. The first-order valence-electron chi connectivity index (χ1n) is 3.77. The molecule has 0 spiro atoms. The van der Waals surface area contributed by atoms with Crippen LogP contribution in [-0.2, 0) is 0 Å². The molecule has 0 aliphatic heterocycles. The number of aliphatic hydroxyl groups excluding tert-OH is 1. The van der Waals surface area contributed by atoms with Gasteiger partial charge in [0.15, 0.2) is 0 Å². The van der Waals surface area contributed by atoms with Gasteiger partial charge in [-0.15, -0.1) is 0 Å². The van der Waals surface area contributed by atoms with E-state index in [1.165, 1.54) is 12.1 Å². The summed E-state index contributed by atoms with van der Waals surface area (Å²) in [5, 5.41) is 8.51. The van der Waals surface area contributed by atoms with Crippen LogP contribution in [0.15, 0.2) is 24.3 Å². The Hall–Kier alpha value is -1.15. The lowest BCUT2D eigenvalue weighted by atomic mass is 10.1. The quantitative estimate of drug-likeness (QED) is 0.713. The number of benzene rings is 1. The van der Waals surface area contributed by atoms with Crippen molar-refractivity contribution in [1.82, 2.24) is 0 Å². The van der Waals surface area contributed by atoms with E-state index in [0.717, 1.165) is 11.1 Å². The van der Waals surface area contributed by atoms with Gasteiger partial charge < -0.3 is 5.11 Å². The van der Waals surface area contributed by atoms with Crippen LogP contribution in [0.25, 0.3) is 6.08 Å². The molecular weight excluding hydrogens is 155 g/mol. The van der Waals surface area contributed by atoms with Gasteiger partial charge in [-0.25, -0.2) is 4.39 Å². The third-order valence-corrected chi connectivity index (χ3v) is 1.63. The molecule has 1 rings (SSSR count). The van der Waals surface area contributed by atoms with Gasteiger partial charge in [0.1, 0.15) is 5.82 Å². The van der Waals surface area contributed by atoms with Crippen molar-refractivity contribution in [2.45, 2.75) is 6.92 Å². The van der Waals surface area contributed by atoms with Crippen LogP contribution >= 0.6 is 0 Å². The summed E-state index contributed by atoms with van der Waals surface area (Å²) in [4.78, 5) is 0. The summed E-state index contributed by atoms with van der Waals surface area (Å²) in [6, 6.07) is 4.57. The third kappa shape index (κ3) is 2.17. The summed E-state index contributed by atoms with van der Waals surface area (Å²) in [7, 11) is 0. The van der Waals surface area contributed by atoms with E-state index in [4.69, 9.17) is 5.11 Å². The average Bonchev–Trinajstić information content (AvgIpc) is 2.03. The summed E-state index contributed by atoms with van der Waals surface area (Å²) in [6.45, 7) is 1.84. The van der Waals surface area contributed by atoms with E-state index in [1.807, 2.05) is 6.92 Å². The molecule has 0 fully saturated rings. The van der Waals surface area contributed by atoms with E-state index in [0.29, 0.717) is 0 Å². The maximum atomic E-state index is 12.6. The minimum atomic E-state index is -0.228. The van der Waals surface area contributed by atoms with Crippen LogP contribution in [0.5, 0.6) is 0 Å². The lowest BCUT2D eigenvalue weighted by Crippen LogP contribution is -1.83. The first-order chi connectivity index (χ1) is 5.74. The zero-order valence-corrected chi connectivity index (χ0v) is 6.92. The van der Waals surface area contributed by atoms with Gasteiger partial charge in [-0.1, -0.05) is 18.2 Å². The van der Waals surface area contributed by atoms with Gasteiger partial charge in [0, 0.05) is 0 Å². The van der Waals surface area contributed by atoms with Crippen molar-refractivity contribution in [3.8, 4) is 0 Å². The highest BCUT2D eigenvalue weighted by molar-refractivity contribution is 5.53. The molecule has 1 N–H and O–H groups in total. The van der Waals surface area contributed by atoms with Gasteiger partial charge in [-0.3, -0.25) is 0 Å². The molecule has 0 aliphatic rings. The Bertz CT molecular complexity index is 292. The monoisotopic (exact) mass is 166 g/mol. The van der Waals surface area contributed by atoms with E-state index in [2.05, 4.69) is 0 Å². The zero-order valence-electron chi connectivity index (χ0n) is 6.92. The van der Waals surface area contributed by atoms with Crippen molar-refractivity contribution in [1.29, 1.82) is 0 Å². The minimum absolute atomic E-state index is 0.0107. The fraction of sp³-hybridized carbons (Fsp3) is 0.200. The lowest BCUT2D eigenvalue weighted by molar-refractivity contribution is 0.343. The first-order valence-corrected chi connectivity index (χ1v) is 3.77. The standard InChI is InChI=1S/C10H11FO/c1-8-7-10(11)5-4-9(8)3-2-6-12/h2-5,7,12H,6H2,1H3. The Labute approximate surface area is 71.2 Å². The van der Waals surface area contributed by atoms with E-state index in [1.54, 1.807) is 18.2 Å². The number of aryl methyl sites for hydroxylation is 1. The molecule has 0 atom stereocenters. The van der Waals surface area contributed by atoms with Crippen LogP contribution in [0.3, 0.4) is 0 Å². The molecular formula is C10H11FO. The Balaban J connectivity index is 2.94. The van der Waals surface area contributed by atoms with Gasteiger partial charge in [-0.05, 0) is 30.2 Å².